The van der Waals surface area contributed by atoms with Gasteiger partial charge in [0.1, 0.15) is 11.4 Å². The average Bonchev–Trinajstić information content (AvgIpc) is 2.52. The molecule has 0 aliphatic carbocycles. The van der Waals surface area contributed by atoms with Crippen molar-refractivity contribution in [2.45, 2.75) is 24.3 Å². The Bertz CT molecular complexity index is 485. The van der Waals surface area contributed by atoms with Crippen LogP contribution in [0.4, 0.5) is 0 Å². The smallest absolute Gasteiger partial charge is 0.252 e. The van der Waals surface area contributed by atoms with Gasteiger partial charge in [0.15, 0.2) is 0 Å². The molecule has 0 spiro atoms. The zero-order chi connectivity index (χ0) is 12.5. The van der Waals surface area contributed by atoms with Crippen LogP contribution in [0.15, 0.2) is 38.6 Å². The van der Waals surface area contributed by atoms with E-state index in [0.717, 1.165) is 15.2 Å². The summed E-state index contributed by atoms with van der Waals surface area (Å²) in [7, 11) is 0. The molecule has 0 saturated heterocycles. The van der Waals surface area contributed by atoms with Gasteiger partial charge in [-0.25, -0.2) is 0 Å². The summed E-state index contributed by atoms with van der Waals surface area (Å²) in [6.45, 7) is 3.64. The summed E-state index contributed by atoms with van der Waals surface area (Å²) in [5, 5.41) is 2.81. The number of amidine groups is 1. The molecule has 90 valence electrons. The van der Waals surface area contributed by atoms with Crippen molar-refractivity contribution in [3.63, 3.8) is 0 Å². The molecule has 1 aliphatic rings. The van der Waals surface area contributed by atoms with Crippen molar-refractivity contribution in [3.8, 4) is 0 Å². The fourth-order valence-electron chi connectivity index (χ4n) is 1.48. The Hall–Kier alpha value is -0.810. The fraction of sp³-hybridized carbons (Fsp3) is 0.333. The third-order valence-electron chi connectivity index (χ3n) is 2.43. The Morgan fingerprint density at radius 2 is 2.12 bits per heavy atom. The molecule has 1 aliphatic heterocycles. The minimum Gasteiger partial charge on any atom is -0.312 e. The highest BCUT2D eigenvalue weighted by Gasteiger charge is 2.33. The van der Waals surface area contributed by atoms with E-state index in [2.05, 4.69) is 26.2 Å². The van der Waals surface area contributed by atoms with E-state index < -0.39 is 5.54 Å². The van der Waals surface area contributed by atoms with Crippen molar-refractivity contribution in [3.05, 3.63) is 28.7 Å². The lowest BCUT2D eigenvalue weighted by atomic mass is 10.1. The van der Waals surface area contributed by atoms with Crippen molar-refractivity contribution in [2.75, 3.05) is 5.75 Å². The van der Waals surface area contributed by atoms with Crippen molar-refractivity contribution in [1.82, 2.24) is 5.32 Å². The lowest BCUT2D eigenvalue weighted by Crippen LogP contribution is -2.34. The summed E-state index contributed by atoms with van der Waals surface area (Å²) >= 11 is 5.15. The molecule has 17 heavy (non-hydrogen) atoms. The van der Waals surface area contributed by atoms with E-state index in [0.29, 0.717) is 5.75 Å². The van der Waals surface area contributed by atoms with Crippen LogP contribution in [-0.2, 0) is 4.79 Å². The Labute approximate surface area is 113 Å². The van der Waals surface area contributed by atoms with E-state index in [1.54, 1.807) is 11.8 Å². The number of halogens is 1. The number of nitrogens with zero attached hydrogens (tertiary/aromatic N) is 1. The van der Waals surface area contributed by atoms with E-state index in [1.807, 2.05) is 38.1 Å². The van der Waals surface area contributed by atoms with Gasteiger partial charge in [0.25, 0.3) is 5.91 Å². The van der Waals surface area contributed by atoms with E-state index >= 15 is 0 Å². The Kier molecular flexibility index (Phi) is 3.58. The molecular weight excluding hydrogens is 300 g/mol. The fourth-order valence-corrected chi connectivity index (χ4v) is 2.91. The maximum atomic E-state index is 11.5. The summed E-state index contributed by atoms with van der Waals surface area (Å²) in [5.41, 5.74) is -0.621. The molecule has 0 atom stereocenters. The van der Waals surface area contributed by atoms with Gasteiger partial charge in [-0.2, -0.15) is 0 Å². The van der Waals surface area contributed by atoms with Crippen molar-refractivity contribution in [1.29, 1.82) is 0 Å². The lowest BCUT2D eigenvalue weighted by Gasteiger charge is -2.07. The molecule has 1 heterocycles. The molecule has 0 radical (unpaired) electrons. The zero-order valence-electron chi connectivity index (χ0n) is 9.66. The van der Waals surface area contributed by atoms with Crippen LogP contribution < -0.4 is 5.32 Å². The highest BCUT2D eigenvalue weighted by atomic mass is 79.9. The average molecular weight is 313 g/mol. The number of carbonyl (C=O) groups is 1. The summed E-state index contributed by atoms with van der Waals surface area (Å²) in [5.74, 6) is 1.40. The number of aliphatic imine (C=N–C) groups is 1. The van der Waals surface area contributed by atoms with E-state index in [9.17, 15) is 4.79 Å². The van der Waals surface area contributed by atoms with Gasteiger partial charge in [0.2, 0.25) is 0 Å². The number of thioether (sulfide) groups is 1. The molecular formula is C12H13BrN2OS. The summed E-state index contributed by atoms with van der Waals surface area (Å²) in [6.07, 6.45) is 0. The topological polar surface area (TPSA) is 41.5 Å². The van der Waals surface area contributed by atoms with Crippen LogP contribution in [0.2, 0.25) is 0 Å². The van der Waals surface area contributed by atoms with Crippen LogP contribution >= 0.6 is 27.7 Å². The molecule has 0 bridgehead atoms. The normalized spacial score (nSPS) is 17.8. The first-order valence-corrected chi connectivity index (χ1v) is 7.04. The highest BCUT2D eigenvalue weighted by molar-refractivity contribution is 9.10. The number of hydrogen-bond donors (Lipinski definition) is 1. The summed E-state index contributed by atoms with van der Waals surface area (Å²) in [6, 6.07) is 8.01. The molecule has 5 heteroatoms. The standard InChI is InChI=1S/C12H13BrN2OS/c1-12(2)11(16)14-10(15-12)7-17-9-6-4-3-5-8(9)13/h3-6H,7H2,1-2H3,(H,14,15,16). The highest BCUT2D eigenvalue weighted by Crippen LogP contribution is 2.27. The Morgan fingerprint density at radius 3 is 2.71 bits per heavy atom. The second kappa shape index (κ2) is 4.82. The molecule has 0 fully saturated rings. The largest absolute Gasteiger partial charge is 0.312 e. The zero-order valence-corrected chi connectivity index (χ0v) is 12.1. The quantitative estimate of drug-likeness (QED) is 0.872. The third kappa shape index (κ3) is 2.90. The summed E-state index contributed by atoms with van der Waals surface area (Å²) < 4.78 is 1.06. The van der Waals surface area contributed by atoms with Gasteiger partial charge < -0.3 is 5.32 Å². The van der Waals surface area contributed by atoms with Crippen molar-refractivity contribution < 1.29 is 4.79 Å². The molecule has 1 N–H and O–H groups in total. The van der Waals surface area contributed by atoms with Gasteiger partial charge >= 0.3 is 0 Å². The molecule has 0 saturated carbocycles. The minimum absolute atomic E-state index is 0.0276. The number of benzene rings is 1. The molecule has 1 aromatic rings. The Balaban J connectivity index is 2.01. The van der Waals surface area contributed by atoms with Gasteiger partial charge in [-0.05, 0) is 41.9 Å². The molecule has 3 nitrogen and oxygen atoms in total. The third-order valence-corrected chi connectivity index (χ3v) is 4.47. The van der Waals surface area contributed by atoms with Crippen LogP contribution in [0.1, 0.15) is 13.8 Å². The first kappa shape index (κ1) is 12.6. The van der Waals surface area contributed by atoms with E-state index in [-0.39, 0.29) is 5.91 Å². The van der Waals surface area contributed by atoms with Crippen molar-refractivity contribution in [2.24, 2.45) is 4.99 Å². The predicted octanol–water partition coefficient (Wildman–Crippen LogP) is 2.85. The van der Waals surface area contributed by atoms with Gasteiger partial charge in [0, 0.05) is 9.37 Å². The number of nitrogens with one attached hydrogen (secondary N) is 1. The van der Waals surface area contributed by atoms with Crippen LogP contribution in [0.5, 0.6) is 0 Å². The second-order valence-corrected chi connectivity index (χ2v) is 6.16. The molecule has 2 rings (SSSR count). The minimum atomic E-state index is -0.621. The van der Waals surface area contributed by atoms with Gasteiger partial charge in [-0.3, -0.25) is 9.79 Å². The molecule has 0 unspecified atom stereocenters. The van der Waals surface area contributed by atoms with Crippen LogP contribution in [-0.4, -0.2) is 23.0 Å². The SMILES string of the molecule is CC1(C)N=C(CSc2ccccc2Br)NC1=O. The number of hydrogen-bond acceptors (Lipinski definition) is 3. The maximum absolute atomic E-state index is 11.5. The van der Waals surface area contributed by atoms with E-state index in [4.69, 9.17) is 0 Å². The number of carbonyl (C=O) groups excluding carboxylic acids is 1. The number of rotatable bonds is 3. The maximum Gasteiger partial charge on any atom is 0.252 e. The Morgan fingerprint density at radius 1 is 1.41 bits per heavy atom. The van der Waals surface area contributed by atoms with Crippen LogP contribution in [0.3, 0.4) is 0 Å². The molecule has 1 aromatic carbocycles. The second-order valence-electron chi connectivity index (χ2n) is 4.29. The predicted molar refractivity (Wildman–Crippen MR) is 74.5 cm³/mol. The summed E-state index contributed by atoms with van der Waals surface area (Å²) in [4.78, 5) is 17.1. The molecule has 0 aromatic heterocycles. The van der Waals surface area contributed by atoms with Crippen LogP contribution in [0, 0.1) is 0 Å². The number of amides is 1. The van der Waals surface area contributed by atoms with Gasteiger partial charge in [-0.15, -0.1) is 11.8 Å². The van der Waals surface area contributed by atoms with Gasteiger partial charge in [-0.1, -0.05) is 12.1 Å². The first-order valence-electron chi connectivity index (χ1n) is 5.26. The first-order chi connectivity index (χ1) is 7.99. The molecule has 1 amide bonds. The van der Waals surface area contributed by atoms with Crippen LogP contribution in [0.25, 0.3) is 0 Å². The monoisotopic (exact) mass is 312 g/mol. The van der Waals surface area contributed by atoms with Gasteiger partial charge in [0.05, 0.1) is 5.75 Å². The lowest BCUT2D eigenvalue weighted by molar-refractivity contribution is -0.122. The van der Waals surface area contributed by atoms with E-state index in [1.165, 1.54) is 0 Å². The van der Waals surface area contributed by atoms with Crippen molar-refractivity contribution >= 4 is 39.4 Å².